The summed E-state index contributed by atoms with van der Waals surface area (Å²) in [5.74, 6) is 1.24. The number of hydrogen-bond acceptors (Lipinski definition) is 8. The highest BCUT2D eigenvalue weighted by Gasteiger charge is 2.31. The van der Waals surface area contributed by atoms with Gasteiger partial charge in [0.1, 0.15) is 5.75 Å². The van der Waals surface area contributed by atoms with Crippen molar-refractivity contribution in [2.75, 3.05) is 26.9 Å². The maximum Gasteiger partial charge on any atom is 0.337 e. The van der Waals surface area contributed by atoms with Crippen LogP contribution in [0.3, 0.4) is 0 Å². The van der Waals surface area contributed by atoms with Crippen LogP contribution in [0.25, 0.3) is 6.08 Å². The number of esters is 1. The van der Waals surface area contributed by atoms with Gasteiger partial charge in [-0.25, -0.2) is 9.79 Å². The van der Waals surface area contributed by atoms with E-state index in [9.17, 15) is 9.59 Å². The van der Waals surface area contributed by atoms with Crippen LogP contribution in [0.2, 0.25) is 0 Å². The van der Waals surface area contributed by atoms with Crippen LogP contribution < -0.4 is 29.1 Å². The van der Waals surface area contributed by atoms with E-state index in [-0.39, 0.29) is 11.1 Å². The first-order chi connectivity index (χ1) is 17.5. The molecule has 0 bridgehead atoms. The lowest BCUT2D eigenvalue weighted by Crippen LogP contribution is -2.39. The number of benzene rings is 2. The van der Waals surface area contributed by atoms with Gasteiger partial charge in [0, 0.05) is 11.8 Å². The van der Waals surface area contributed by atoms with Crippen molar-refractivity contribution in [3.63, 3.8) is 0 Å². The third-order valence-corrected chi connectivity index (χ3v) is 6.51. The molecule has 0 saturated heterocycles. The molecule has 0 unspecified atom stereocenters. The smallest absolute Gasteiger partial charge is 0.337 e. The molecular formula is C27H28N2O6S. The van der Waals surface area contributed by atoms with Crippen LogP contribution in [0, 0.1) is 0 Å². The van der Waals surface area contributed by atoms with E-state index in [0.717, 1.165) is 5.56 Å². The second kappa shape index (κ2) is 11.3. The van der Waals surface area contributed by atoms with E-state index in [1.54, 1.807) is 18.2 Å². The Morgan fingerprint density at radius 1 is 1.00 bits per heavy atom. The summed E-state index contributed by atoms with van der Waals surface area (Å²) in [5.41, 5.74) is 1.44. The number of methoxy groups -OCH3 is 1. The van der Waals surface area contributed by atoms with E-state index >= 15 is 0 Å². The van der Waals surface area contributed by atoms with Gasteiger partial charge >= 0.3 is 5.97 Å². The number of aromatic nitrogens is 1. The average molecular weight is 509 g/mol. The van der Waals surface area contributed by atoms with Gasteiger partial charge in [-0.15, -0.1) is 0 Å². The van der Waals surface area contributed by atoms with Crippen LogP contribution >= 0.6 is 11.3 Å². The number of carbonyl (C=O) groups is 1. The maximum atomic E-state index is 13.7. The number of carbonyl (C=O) groups excluding carboxylic acids is 1. The van der Waals surface area contributed by atoms with Gasteiger partial charge in [-0.1, -0.05) is 35.6 Å². The van der Waals surface area contributed by atoms with Crippen molar-refractivity contribution in [2.24, 2.45) is 4.99 Å². The number of thiazole rings is 1. The van der Waals surface area contributed by atoms with Gasteiger partial charge in [0.05, 0.1) is 43.1 Å². The fourth-order valence-electron chi connectivity index (χ4n) is 4.02. The molecule has 188 valence electrons. The first-order valence-corrected chi connectivity index (χ1v) is 12.5. The molecule has 0 saturated carbocycles. The monoisotopic (exact) mass is 508 g/mol. The zero-order valence-corrected chi connectivity index (χ0v) is 21.5. The summed E-state index contributed by atoms with van der Waals surface area (Å²) in [5, 5.41) is 0. The first-order valence-electron chi connectivity index (χ1n) is 11.7. The Morgan fingerprint density at radius 3 is 2.42 bits per heavy atom. The van der Waals surface area contributed by atoms with Crippen molar-refractivity contribution in [1.82, 2.24) is 4.57 Å². The van der Waals surface area contributed by atoms with Crippen LogP contribution in [0.15, 0.2) is 64.0 Å². The summed E-state index contributed by atoms with van der Waals surface area (Å²) < 4.78 is 24.2. The fourth-order valence-corrected chi connectivity index (χ4v) is 4.98. The molecule has 0 aliphatic carbocycles. The Kier molecular flexibility index (Phi) is 7.90. The molecule has 1 aromatic heterocycles. The van der Waals surface area contributed by atoms with E-state index in [1.165, 1.54) is 29.2 Å². The Balaban J connectivity index is 1.90. The minimum atomic E-state index is -0.743. The number of ether oxygens (including phenoxy) is 4. The quantitative estimate of drug-likeness (QED) is 0.413. The molecule has 36 heavy (non-hydrogen) atoms. The maximum absolute atomic E-state index is 13.7. The lowest BCUT2D eigenvalue weighted by Gasteiger charge is -2.23. The van der Waals surface area contributed by atoms with Crippen LogP contribution in [-0.4, -0.2) is 37.5 Å². The molecule has 8 nitrogen and oxygen atoms in total. The van der Waals surface area contributed by atoms with Gasteiger partial charge in [-0.05, 0) is 50.6 Å². The highest BCUT2D eigenvalue weighted by molar-refractivity contribution is 7.07. The van der Waals surface area contributed by atoms with Crippen molar-refractivity contribution in [2.45, 2.75) is 26.8 Å². The van der Waals surface area contributed by atoms with E-state index in [4.69, 9.17) is 18.9 Å². The minimum absolute atomic E-state index is 0.248. The number of nitrogens with zero attached hydrogens (tertiary/aromatic N) is 2. The average Bonchev–Trinajstić information content (AvgIpc) is 3.20. The van der Waals surface area contributed by atoms with Crippen molar-refractivity contribution < 1.29 is 23.7 Å². The molecule has 0 fully saturated rings. The summed E-state index contributed by atoms with van der Waals surface area (Å²) in [6.45, 7) is 7.10. The Bertz CT molecular complexity index is 1470. The minimum Gasteiger partial charge on any atom is -0.493 e. The lowest BCUT2D eigenvalue weighted by molar-refractivity contribution is -0.136. The second-order valence-electron chi connectivity index (χ2n) is 7.72. The Labute approximate surface area is 212 Å². The standard InChI is InChI=1S/C27H28N2O6S/c1-5-33-20-11-9-8-10-17(20)15-23-25(30)29-24(19(26(31)32-4)16-28-27(29)36-23)18-12-13-21(34-6-2)22(14-18)35-7-3/h8-16,24H,5-7H2,1-4H3/b23-15+/t24-/m1/s1. The first kappa shape index (κ1) is 25.2. The largest absolute Gasteiger partial charge is 0.493 e. The van der Waals surface area contributed by atoms with Crippen LogP contribution in [0.4, 0.5) is 0 Å². The van der Waals surface area contributed by atoms with Gasteiger partial charge in [-0.3, -0.25) is 9.36 Å². The highest BCUT2D eigenvalue weighted by atomic mass is 32.1. The molecule has 2 aromatic carbocycles. The SMILES string of the molecule is CCOc1ccccc1/C=c1/sc2n(c1=O)[C@H](c1ccc(OCC)c(OCC)c1)C(C(=O)OC)=CN=2. The Hall–Kier alpha value is -3.85. The van der Waals surface area contributed by atoms with Crippen LogP contribution in [0.1, 0.15) is 37.9 Å². The number of fused-ring (bicyclic) bond motifs is 1. The number of rotatable bonds is 9. The van der Waals surface area contributed by atoms with Crippen molar-refractivity contribution in [3.8, 4) is 17.2 Å². The molecular weight excluding hydrogens is 480 g/mol. The Morgan fingerprint density at radius 2 is 1.69 bits per heavy atom. The van der Waals surface area contributed by atoms with Gasteiger partial charge in [-0.2, -0.15) is 0 Å². The molecule has 9 heteroatoms. The molecule has 4 rings (SSSR count). The fraction of sp³-hybridized carbons (Fsp3) is 0.296. The van der Waals surface area contributed by atoms with Gasteiger partial charge in [0.15, 0.2) is 16.3 Å². The zero-order valence-electron chi connectivity index (χ0n) is 20.6. The van der Waals surface area contributed by atoms with Gasteiger partial charge in [0.25, 0.3) is 5.56 Å². The summed E-state index contributed by atoms with van der Waals surface area (Å²) in [7, 11) is 1.31. The molecule has 0 radical (unpaired) electrons. The normalized spacial score (nSPS) is 14.9. The molecule has 1 aliphatic heterocycles. The van der Waals surface area contributed by atoms with E-state index in [2.05, 4.69) is 4.99 Å². The lowest BCUT2D eigenvalue weighted by atomic mass is 9.97. The summed E-state index contributed by atoms with van der Waals surface area (Å²) in [6.07, 6.45) is 3.26. The summed E-state index contributed by atoms with van der Waals surface area (Å²) >= 11 is 1.25. The number of hydrogen-bond donors (Lipinski definition) is 0. The molecule has 3 aromatic rings. The van der Waals surface area contributed by atoms with E-state index < -0.39 is 12.0 Å². The molecule has 0 spiro atoms. The zero-order chi connectivity index (χ0) is 25.7. The molecule has 2 heterocycles. The summed E-state index contributed by atoms with van der Waals surface area (Å²) in [4.78, 5) is 31.3. The third-order valence-electron chi connectivity index (χ3n) is 5.51. The van der Waals surface area contributed by atoms with Crippen LogP contribution in [-0.2, 0) is 9.53 Å². The molecule has 1 aliphatic rings. The van der Waals surface area contributed by atoms with E-state index in [0.29, 0.717) is 52.0 Å². The van der Waals surface area contributed by atoms with Crippen molar-refractivity contribution in [1.29, 1.82) is 0 Å². The van der Waals surface area contributed by atoms with Crippen molar-refractivity contribution >= 4 is 23.4 Å². The highest BCUT2D eigenvalue weighted by Crippen LogP contribution is 2.35. The summed E-state index contributed by atoms with van der Waals surface area (Å²) in [6, 6.07) is 12.2. The van der Waals surface area contributed by atoms with E-state index in [1.807, 2.05) is 51.1 Å². The van der Waals surface area contributed by atoms with Crippen LogP contribution in [0.5, 0.6) is 17.2 Å². The molecule has 0 N–H and O–H groups in total. The van der Waals surface area contributed by atoms with Gasteiger partial charge < -0.3 is 18.9 Å². The second-order valence-corrected chi connectivity index (χ2v) is 8.73. The third kappa shape index (κ3) is 4.92. The molecule has 1 atom stereocenters. The number of para-hydroxylation sites is 1. The predicted molar refractivity (Wildman–Crippen MR) is 138 cm³/mol. The van der Waals surface area contributed by atoms with Gasteiger partial charge in [0.2, 0.25) is 0 Å². The van der Waals surface area contributed by atoms with Crippen molar-refractivity contribution in [3.05, 3.63) is 85.1 Å². The molecule has 0 amide bonds. The topological polar surface area (TPSA) is 88.3 Å². The predicted octanol–water partition coefficient (Wildman–Crippen LogP) is 3.21.